The molecule has 0 spiro atoms. The van der Waals surface area contributed by atoms with Gasteiger partial charge in [-0.15, -0.1) is 0 Å². The Morgan fingerprint density at radius 2 is 1.82 bits per heavy atom. The van der Waals surface area contributed by atoms with Crippen LogP contribution >= 0.6 is 23.8 Å². The maximum Gasteiger partial charge on any atom is 0.255 e. The van der Waals surface area contributed by atoms with E-state index < -0.39 is 0 Å². The third-order valence-corrected chi connectivity index (χ3v) is 5.40. The second-order valence-corrected chi connectivity index (χ2v) is 7.74. The molecule has 0 bridgehead atoms. The quantitative estimate of drug-likeness (QED) is 0.656. The minimum atomic E-state index is -0.343. The molecule has 0 aliphatic carbocycles. The molecule has 1 amide bonds. The Balaban J connectivity index is 1.95. The zero-order chi connectivity index (χ0) is 20.4. The molecule has 0 saturated carbocycles. The van der Waals surface area contributed by atoms with Gasteiger partial charge in [-0.2, -0.15) is 0 Å². The molecule has 7 heteroatoms. The summed E-state index contributed by atoms with van der Waals surface area (Å²) in [6.45, 7) is 3.73. The van der Waals surface area contributed by atoms with Crippen LogP contribution in [0.2, 0.25) is 5.02 Å². The molecule has 0 unspecified atom stereocenters. The Morgan fingerprint density at radius 3 is 2.46 bits per heavy atom. The van der Waals surface area contributed by atoms with Crippen molar-refractivity contribution in [2.75, 3.05) is 24.3 Å². The lowest BCUT2D eigenvalue weighted by atomic mass is 9.94. The summed E-state index contributed by atoms with van der Waals surface area (Å²) in [5.74, 6) is -0.202. The first-order valence-electron chi connectivity index (χ1n) is 8.90. The highest BCUT2D eigenvalue weighted by molar-refractivity contribution is 7.80. The molecule has 0 saturated heterocycles. The van der Waals surface area contributed by atoms with Crippen LogP contribution in [-0.4, -0.2) is 25.1 Å². The SMILES string of the molecule is CC1=C(C(=O)Nc2cccc(Cl)c2C)[C@H](c2ccc(N(C)C)cc2)NC(=S)N1. The van der Waals surface area contributed by atoms with Crippen LogP contribution in [0.3, 0.4) is 0 Å². The van der Waals surface area contributed by atoms with Crippen molar-refractivity contribution in [1.29, 1.82) is 0 Å². The number of allylic oxidation sites excluding steroid dienone is 1. The van der Waals surface area contributed by atoms with Gasteiger partial charge in [0.15, 0.2) is 5.11 Å². The molecule has 2 aromatic rings. The highest BCUT2D eigenvalue weighted by Crippen LogP contribution is 2.30. The molecule has 2 aromatic carbocycles. The standard InChI is InChI=1S/C21H23ClN4OS/c1-12-16(22)6-5-7-17(12)24-20(27)18-13(2)23-21(28)25-19(18)14-8-10-15(11-9-14)26(3)4/h5-11,19H,1-4H3,(H,24,27)(H2,23,25,28)/t19-/m0/s1. The maximum absolute atomic E-state index is 13.2. The first kappa shape index (κ1) is 20.2. The predicted octanol–water partition coefficient (Wildman–Crippen LogP) is 4.15. The zero-order valence-corrected chi connectivity index (χ0v) is 17.8. The summed E-state index contributed by atoms with van der Waals surface area (Å²) >= 11 is 11.5. The Hall–Kier alpha value is -2.57. The van der Waals surface area contributed by atoms with Crippen molar-refractivity contribution in [2.45, 2.75) is 19.9 Å². The van der Waals surface area contributed by atoms with Gasteiger partial charge < -0.3 is 20.9 Å². The lowest BCUT2D eigenvalue weighted by Gasteiger charge is -2.30. The molecule has 3 N–H and O–H groups in total. The Bertz CT molecular complexity index is 953. The monoisotopic (exact) mass is 414 g/mol. The number of hydrogen-bond donors (Lipinski definition) is 3. The first-order valence-corrected chi connectivity index (χ1v) is 9.68. The lowest BCUT2D eigenvalue weighted by Crippen LogP contribution is -2.45. The van der Waals surface area contributed by atoms with Gasteiger partial charge in [-0.05, 0) is 61.5 Å². The van der Waals surface area contributed by atoms with E-state index in [0.717, 1.165) is 22.5 Å². The minimum absolute atomic E-state index is 0.202. The van der Waals surface area contributed by atoms with Crippen molar-refractivity contribution < 1.29 is 4.79 Å². The normalized spacial score (nSPS) is 16.3. The Labute approximate surface area is 175 Å². The van der Waals surface area contributed by atoms with Gasteiger partial charge in [-0.3, -0.25) is 4.79 Å². The number of hydrogen-bond acceptors (Lipinski definition) is 3. The topological polar surface area (TPSA) is 56.4 Å². The molecule has 146 valence electrons. The average molecular weight is 415 g/mol. The van der Waals surface area contributed by atoms with Crippen molar-refractivity contribution in [3.8, 4) is 0 Å². The van der Waals surface area contributed by atoms with E-state index in [0.29, 0.717) is 21.4 Å². The fraction of sp³-hybridized carbons (Fsp3) is 0.238. The van der Waals surface area contributed by atoms with E-state index in [2.05, 4.69) is 16.0 Å². The third-order valence-electron chi connectivity index (χ3n) is 4.77. The molecule has 5 nitrogen and oxygen atoms in total. The predicted molar refractivity (Wildman–Crippen MR) is 120 cm³/mol. The molecule has 0 aromatic heterocycles. The summed E-state index contributed by atoms with van der Waals surface area (Å²) in [4.78, 5) is 15.2. The van der Waals surface area contributed by atoms with Gasteiger partial charge in [0.05, 0.1) is 11.6 Å². The van der Waals surface area contributed by atoms with E-state index in [9.17, 15) is 4.79 Å². The van der Waals surface area contributed by atoms with Crippen LogP contribution in [0, 0.1) is 6.92 Å². The van der Waals surface area contributed by atoms with Gasteiger partial charge in [-0.25, -0.2) is 0 Å². The molecular weight excluding hydrogens is 392 g/mol. The second kappa shape index (κ2) is 8.20. The summed E-state index contributed by atoms with van der Waals surface area (Å²) in [5, 5.41) is 10.4. The zero-order valence-electron chi connectivity index (χ0n) is 16.3. The molecular formula is C21H23ClN4OS. The number of carbonyl (C=O) groups excluding carboxylic acids is 1. The van der Waals surface area contributed by atoms with E-state index in [1.807, 2.05) is 69.2 Å². The van der Waals surface area contributed by atoms with Crippen molar-refractivity contribution >= 4 is 46.2 Å². The molecule has 0 fully saturated rings. The Morgan fingerprint density at radius 1 is 1.14 bits per heavy atom. The fourth-order valence-corrected chi connectivity index (χ4v) is 3.59. The number of amides is 1. The summed E-state index contributed by atoms with van der Waals surface area (Å²) < 4.78 is 0. The van der Waals surface area contributed by atoms with E-state index in [-0.39, 0.29) is 11.9 Å². The summed E-state index contributed by atoms with van der Waals surface area (Å²) in [5.41, 5.74) is 4.87. The van der Waals surface area contributed by atoms with Gasteiger partial charge in [0.25, 0.3) is 5.91 Å². The number of rotatable bonds is 4. The largest absolute Gasteiger partial charge is 0.378 e. The molecule has 1 aliphatic rings. The lowest BCUT2D eigenvalue weighted by molar-refractivity contribution is -0.113. The van der Waals surface area contributed by atoms with E-state index in [1.165, 1.54) is 0 Å². The van der Waals surface area contributed by atoms with Gasteiger partial charge >= 0.3 is 0 Å². The first-order chi connectivity index (χ1) is 13.3. The third kappa shape index (κ3) is 4.13. The highest BCUT2D eigenvalue weighted by atomic mass is 35.5. The molecule has 3 rings (SSSR count). The fourth-order valence-electron chi connectivity index (χ4n) is 3.14. The van der Waals surface area contributed by atoms with Gasteiger partial charge in [0, 0.05) is 36.2 Å². The molecule has 1 aliphatic heterocycles. The number of halogens is 1. The molecule has 28 heavy (non-hydrogen) atoms. The minimum Gasteiger partial charge on any atom is -0.378 e. The van der Waals surface area contributed by atoms with Crippen molar-refractivity contribution in [2.24, 2.45) is 0 Å². The van der Waals surface area contributed by atoms with E-state index in [4.69, 9.17) is 23.8 Å². The Kier molecular flexibility index (Phi) is 5.91. The van der Waals surface area contributed by atoms with Crippen LogP contribution in [0.15, 0.2) is 53.7 Å². The van der Waals surface area contributed by atoms with Crippen molar-refractivity contribution in [3.05, 3.63) is 69.9 Å². The average Bonchev–Trinajstić information content (AvgIpc) is 2.64. The number of nitrogens with zero attached hydrogens (tertiary/aromatic N) is 1. The van der Waals surface area contributed by atoms with Crippen LogP contribution in [0.4, 0.5) is 11.4 Å². The second-order valence-electron chi connectivity index (χ2n) is 6.92. The molecule has 1 atom stereocenters. The number of nitrogens with one attached hydrogen (secondary N) is 3. The number of thiocarbonyl (C=S) groups is 1. The van der Waals surface area contributed by atoms with Crippen molar-refractivity contribution in [3.63, 3.8) is 0 Å². The number of carbonyl (C=O) groups is 1. The highest BCUT2D eigenvalue weighted by Gasteiger charge is 2.30. The van der Waals surface area contributed by atoms with Crippen LogP contribution in [0.5, 0.6) is 0 Å². The van der Waals surface area contributed by atoms with Crippen LogP contribution in [-0.2, 0) is 4.79 Å². The maximum atomic E-state index is 13.2. The number of benzene rings is 2. The summed E-state index contributed by atoms with van der Waals surface area (Å²) in [6, 6.07) is 13.2. The number of anilines is 2. The molecule has 1 heterocycles. The smallest absolute Gasteiger partial charge is 0.255 e. The van der Waals surface area contributed by atoms with Gasteiger partial charge in [-0.1, -0.05) is 29.8 Å². The summed E-state index contributed by atoms with van der Waals surface area (Å²) in [6.07, 6.45) is 0. The van der Waals surface area contributed by atoms with Crippen LogP contribution in [0.1, 0.15) is 24.1 Å². The van der Waals surface area contributed by atoms with Gasteiger partial charge in [0.2, 0.25) is 0 Å². The van der Waals surface area contributed by atoms with Crippen molar-refractivity contribution in [1.82, 2.24) is 10.6 Å². The molecule has 0 radical (unpaired) electrons. The van der Waals surface area contributed by atoms with Gasteiger partial charge in [0.1, 0.15) is 0 Å². The van der Waals surface area contributed by atoms with E-state index in [1.54, 1.807) is 6.07 Å². The summed E-state index contributed by atoms with van der Waals surface area (Å²) in [7, 11) is 3.98. The van der Waals surface area contributed by atoms with Crippen LogP contribution < -0.4 is 20.9 Å². The van der Waals surface area contributed by atoms with E-state index >= 15 is 0 Å². The van der Waals surface area contributed by atoms with Crippen LogP contribution in [0.25, 0.3) is 0 Å².